The molecule has 2 heteroatoms. The molecule has 0 bridgehead atoms. The number of piperidine rings is 1. The molecule has 0 radical (unpaired) electrons. The number of benzene rings is 1. The van der Waals surface area contributed by atoms with Gasteiger partial charge < -0.3 is 10.4 Å². The first-order chi connectivity index (χ1) is 7.70. The van der Waals surface area contributed by atoms with E-state index in [1.807, 2.05) is 12.1 Å². The monoisotopic (exact) mass is 219 g/mol. The summed E-state index contributed by atoms with van der Waals surface area (Å²) in [5, 5.41) is 13.2. The predicted molar refractivity (Wildman–Crippen MR) is 66.6 cm³/mol. The molecule has 1 aromatic rings. The van der Waals surface area contributed by atoms with Gasteiger partial charge in [-0.15, -0.1) is 0 Å². The van der Waals surface area contributed by atoms with Crippen LogP contribution in [0.5, 0.6) is 5.75 Å². The fourth-order valence-electron chi connectivity index (χ4n) is 2.39. The third kappa shape index (κ3) is 2.38. The molecule has 1 heterocycles. The Balaban J connectivity index is 2.14. The van der Waals surface area contributed by atoms with Crippen LogP contribution in [0.1, 0.15) is 43.9 Å². The molecule has 88 valence electrons. The lowest BCUT2D eigenvalue weighted by Gasteiger charge is -2.28. The Hall–Kier alpha value is -1.02. The minimum atomic E-state index is 0.426. The van der Waals surface area contributed by atoms with E-state index in [4.69, 9.17) is 0 Å². The Bertz CT molecular complexity index is 354. The third-order valence-corrected chi connectivity index (χ3v) is 3.55. The second-order valence-corrected chi connectivity index (χ2v) is 4.89. The molecule has 0 aromatic heterocycles. The summed E-state index contributed by atoms with van der Waals surface area (Å²) in [6.45, 7) is 5.47. The molecule has 2 nitrogen and oxygen atoms in total. The Kier molecular flexibility index (Phi) is 3.49. The molecule has 2 atom stereocenters. The van der Waals surface area contributed by atoms with Crippen LogP contribution in [-0.4, -0.2) is 11.7 Å². The second-order valence-electron chi connectivity index (χ2n) is 4.89. The number of aryl methyl sites for hydroxylation is 1. The van der Waals surface area contributed by atoms with Crippen LogP contribution < -0.4 is 5.32 Å². The minimum absolute atomic E-state index is 0.426. The van der Waals surface area contributed by atoms with E-state index in [0.29, 0.717) is 11.8 Å². The Morgan fingerprint density at radius 2 is 2.19 bits per heavy atom. The average molecular weight is 219 g/mol. The first kappa shape index (κ1) is 11.5. The van der Waals surface area contributed by atoms with E-state index in [9.17, 15) is 5.11 Å². The van der Waals surface area contributed by atoms with Crippen LogP contribution >= 0.6 is 0 Å². The van der Waals surface area contributed by atoms with Gasteiger partial charge in [0.1, 0.15) is 5.75 Å². The largest absolute Gasteiger partial charge is 0.508 e. The number of rotatable bonds is 2. The zero-order valence-electron chi connectivity index (χ0n) is 10.2. The van der Waals surface area contributed by atoms with Gasteiger partial charge in [0.25, 0.3) is 0 Å². The quantitative estimate of drug-likeness (QED) is 0.801. The summed E-state index contributed by atoms with van der Waals surface area (Å²) in [6, 6.07) is 6.49. The lowest BCUT2D eigenvalue weighted by atomic mass is 9.91. The standard InChI is InChI=1S/C14H21NO/c1-3-11-8-12(5-7-14(11)16)13-6-4-10(2)9-15-13/h5,7-8,10,13,15-16H,3-4,6,9H2,1-2H3/t10-,13+/m0/s1. The number of nitrogens with one attached hydrogen (secondary N) is 1. The first-order valence-electron chi connectivity index (χ1n) is 6.26. The van der Waals surface area contributed by atoms with Crippen molar-refractivity contribution in [2.75, 3.05) is 6.54 Å². The predicted octanol–water partition coefficient (Wildman–Crippen LogP) is 3.02. The average Bonchev–Trinajstić information content (AvgIpc) is 2.31. The van der Waals surface area contributed by atoms with Crippen LogP contribution in [0.4, 0.5) is 0 Å². The van der Waals surface area contributed by atoms with Gasteiger partial charge in [-0.25, -0.2) is 0 Å². The third-order valence-electron chi connectivity index (χ3n) is 3.55. The van der Waals surface area contributed by atoms with E-state index in [2.05, 4.69) is 25.2 Å². The van der Waals surface area contributed by atoms with E-state index in [1.165, 1.54) is 18.4 Å². The molecule has 0 unspecified atom stereocenters. The molecule has 0 amide bonds. The fourth-order valence-corrected chi connectivity index (χ4v) is 2.39. The molecule has 0 spiro atoms. The van der Waals surface area contributed by atoms with E-state index < -0.39 is 0 Å². The molecule has 2 rings (SSSR count). The lowest BCUT2D eigenvalue weighted by molar-refractivity contribution is 0.332. The van der Waals surface area contributed by atoms with Crippen molar-refractivity contribution in [3.63, 3.8) is 0 Å². The number of hydrogen-bond acceptors (Lipinski definition) is 2. The fraction of sp³-hybridized carbons (Fsp3) is 0.571. The number of hydrogen-bond donors (Lipinski definition) is 2. The van der Waals surface area contributed by atoms with Crippen molar-refractivity contribution >= 4 is 0 Å². The summed E-state index contributed by atoms with van der Waals surface area (Å²) >= 11 is 0. The van der Waals surface area contributed by atoms with Gasteiger partial charge in [0, 0.05) is 6.04 Å². The summed E-state index contributed by atoms with van der Waals surface area (Å²) in [4.78, 5) is 0. The summed E-state index contributed by atoms with van der Waals surface area (Å²) in [5.74, 6) is 1.22. The van der Waals surface area contributed by atoms with Crippen LogP contribution in [0.3, 0.4) is 0 Å². The van der Waals surface area contributed by atoms with Crippen molar-refractivity contribution < 1.29 is 5.11 Å². The highest BCUT2D eigenvalue weighted by molar-refractivity contribution is 5.37. The van der Waals surface area contributed by atoms with Crippen LogP contribution in [0.15, 0.2) is 18.2 Å². The van der Waals surface area contributed by atoms with Gasteiger partial charge in [-0.2, -0.15) is 0 Å². The van der Waals surface area contributed by atoms with Crippen LogP contribution in [0, 0.1) is 5.92 Å². The Labute approximate surface area is 97.7 Å². The molecule has 16 heavy (non-hydrogen) atoms. The molecule has 0 saturated carbocycles. The highest BCUT2D eigenvalue weighted by Gasteiger charge is 2.19. The summed E-state index contributed by atoms with van der Waals surface area (Å²) in [7, 11) is 0. The van der Waals surface area contributed by atoms with E-state index >= 15 is 0 Å². The second kappa shape index (κ2) is 4.88. The molecule has 1 aromatic carbocycles. The van der Waals surface area contributed by atoms with E-state index in [1.54, 1.807) is 0 Å². The summed E-state index contributed by atoms with van der Waals surface area (Å²) in [5.41, 5.74) is 2.37. The lowest BCUT2D eigenvalue weighted by Crippen LogP contribution is -2.31. The molecular weight excluding hydrogens is 198 g/mol. The first-order valence-corrected chi connectivity index (χ1v) is 6.26. The van der Waals surface area contributed by atoms with Gasteiger partial charge in [-0.3, -0.25) is 0 Å². The van der Waals surface area contributed by atoms with Gasteiger partial charge in [0.05, 0.1) is 0 Å². The maximum atomic E-state index is 9.65. The van der Waals surface area contributed by atoms with E-state index in [0.717, 1.165) is 24.4 Å². The van der Waals surface area contributed by atoms with Crippen molar-refractivity contribution in [1.82, 2.24) is 5.32 Å². The Morgan fingerprint density at radius 3 is 2.81 bits per heavy atom. The van der Waals surface area contributed by atoms with E-state index in [-0.39, 0.29) is 0 Å². The topological polar surface area (TPSA) is 32.3 Å². The van der Waals surface area contributed by atoms with Crippen molar-refractivity contribution in [3.8, 4) is 5.75 Å². The summed E-state index contributed by atoms with van der Waals surface area (Å²) < 4.78 is 0. The van der Waals surface area contributed by atoms with Crippen molar-refractivity contribution in [1.29, 1.82) is 0 Å². The molecule has 1 aliphatic rings. The van der Waals surface area contributed by atoms with Gasteiger partial charge >= 0.3 is 0 Å². The van der Waals surface area contributed by atoms with Crippen molar-refractivity contribution in [3.05, 3.63) is 29.3 Å². The van der Waals surface area contributed by atoms with Crippen LogP contribution in [-0.2, 0) is 6.42 Å². The molecular formula is C14H21NO. The summed E-state index contributed by atoms with van der Waals surface area (Å²) in [6.07, 6.45) is 3.39. The Morgan fingerprint density at radius 1 is 1.38 bits per heavy atom. The normalized spacial score (nSPS) is 25.6. The van der Waals surface area contributed by atoms with Gasteiger partial charge in [-0.1, -0.05) is 26.0 Å². The molecule has 0 aliphatic carbocycles. The highest BCUT2D eigenvalue weighted by atomic mass is 16.3. The van der Waals surface area contributed by atoms with Gasteiger partial charge in [-0.05, 0) is 48.9 Å². The van der Waals surface area contributed by atoms with Crippen molar-refractivity contribution in [2.24, 2.45) is 5.92 Å². The number of phenols is 1. The SMILES string of the molecule is CCc1cc([C@H]2CC[C@H](C)CN2)ccc1O. The smallest absolute Gasteiger partial charge is 0.118 e. The maximum Gasteiger partial charge on any atom is 0.118 e. The number of aromatic hydroxyl groups is 1. The minimum Gasteiger partial charge on any atom is -0.508 e. The zero-order chi connectivity index (χ0) is 11.5. The molecule has 1 fully saturated rings. The van der Waals surface area contributed by atoms with Gasteiger partial charge in [0.15, 0.2) is 0 Å². The molecule has 1 aliphatic heterocycles. The zero-order valence-corrected chi connectivity index (χ0v) is 10.2. The molecule has 1 saturated heterocycles. The van der Waals surface area contributed by atoms with Crippen LogP contribution in [0.2, 0.25) is 0 Å². The van der Waals surface area contributed by atoms with Crippen molar-refractivity contribution in [2.45, 2.75) is 39.2 Å². The molecule has 2 N–H and O–H groups in total. The highest BCUT2D eigenvalue weighted by Crippen LogP contribution is 2.28. The van der Waals surface area contributed by atoms with Gasteiger partial charge in [0.2, 0.25) is 0 Å². The maximum absolute atomic E-state index is 9.65. The number of phenolic OH excluding ortho intramolecular Hbond substituents is 1. The van der Waals surface area contributed by atoms with Crippen LogP contribution in [0.25, 0.3) is 0 Å².